The van der Waals surface area contributed by atoms with Crippen molar-refractivity contribution in [1.82, 2.24) is 0 Å². The van der Waals surface area contributed by atoms with Crippen LogP contribution in [-0.4, -0.2) is 49.3 Å². The van der Waals surface area contributed by atoms with E-state index in [0.29, 0.717) is 6.42 Å². The highest BCUT2D eigenvalue weighted by molar-refractivity contribution is 7.47. The van der Waals surface area contributed by atoms with Crippen molar-refractivity contribution in [3.05, 3.63) is 0 Å². The van der Waals surface area contributed by atoms with E-state index in [1.54, 1.807) is 0 Å². The first kappa shape index (κ1) is 68.0. The molecule has 0 aliphatic rings. The van der Waals surface area contributed by atoms with Crippen molar-refractivity contribution >= 4 is 19.8 Å². The fourth-order valence-electron chi connectivity index (χ4n) is 9.46. The topological polar surface area (TPSA) is 134 Å². The Balaban J connectivity index is 3.56. The lowest BCUT2D eigenvalue weighted by molar-refractivity contribution is -0.161. The normalized spacial score (nSPS) is 12.9. The molecule has 0 bridgehead atoms. The second-order valence-electron chi connectivity index (χ2n) is 20.9. The Morgan fingerprint density at radius 2 is 0.623 bits per heavy atom. The third-order valence-corrected chi connectivity index (χ3v) is 15.0. The number of hydrogen-bond donors (Lipinski definition) is 2. The highest BCUT2D eigenvalue weighted by Gasteiger charge is 2.26. The molecule has 0 spiro atoms. The predicted molar refractivity (Wildman–Crippen MR) is 294 cm³/mol. The quantitative estimate of drug-likeness (QED) is 0.0347. The number of phosphoric acid groups is 1. The van der Waals surface area contributed by atoms with Gasteiger partial charge in [0.15, 0.2) is 6.10 Å². The van der Waals surface area contributed by atoms with E-state index < -0.39 is 26.5 Å². The monoisotopic (exact) mass is 1000 g/mol. The van der Waals surface area contributed by atoms with Gasteiger partial charge in [-0.25, -0.2) is 4.57 Å². The fourth-order valence-corrected chi connectivity index (χ4v) is 10.2. The number of carbonyl (C=O) groups excluding carboxylic acids is 2. The smallest absolute Gasteiger partial charge is 0.462 e. The molecule has 0 amide bonds. The number of nitrogens with two attached hydrogens (primary N) is 1. The lowest BCUT2D eigenvalue weighted by atomic mass is 10.0. The summed E-state index contributed by atoms with van der Waals surface area (Å²) in [5.74, 6) is -0.817. The SMILES string of the molecule is CCCCCCCCCCCCCCCCCCCCCCCCCCCCCCCCCCCCCCCCCCCC(=O)OC(COC(=O)CCCCCCCCC)COP(=O)(O)OCCN. The van der Waals surface area contributed by atoms with E-state index >= 15 is 0 Å². The zero-order valence-corrected chi connectivity index (χ0v) is 47.0. The number of esters is 2. The number of ether oxygens (including phenoxy) is 2. The van der Waals surface area contributed by atoms with Crippen LogP contribution in [0.5, 0.6) is 0 Å². The van der Waals surface area contributed by atoms with Crippen LogP contribution in [0.3, 0.4) is 0 Å². The van der Waals surface area contributed by atoms with Crippen LogP contribution in [0.15, 0.2) is 0 Å². The molecule has 0 aromatic rings. The van der Waals surface area contributed by atoms with Crippen LogP contribution < -0.4 is 5.73 Å². The van der Waals surface area contributed by atoms with Crippen molar-refractivity contribution in [3.63, 3.8) is 0 Å². The molecule has 0 fully saturated rings. The van der Waals surface area contributed by atoms with Gasteiger partial charge in [0, 0.05) is 19.4 Å². The molecule has 2 unspecified atom stereocenters. The summed E-state index contributed by atoms with van der Waals surface area (Å²) in [6, 6.07) is 0. The first-order chi connectivity index (χ1) is 33.8. The summed E-state index contributed by atoms with van der Waals surface area (Å²) in [5.41, 5.74) is 5.35. The van der Waals surface area contributed by atoms with Crippen molar-refractivity contribution in [2.24, 2.45) is 5.73 Å². The molecule has 0 aliphatic heterocycles. The zero-order valence-electron chi connectivity index (χ0n) is 46.1. The molecular weight excluding hydrogens is 882 g/mol. The van der Waals surface area contributed by atoms with Gasteiger partial charge in [-0.1, -0.05) is 309 Å². The second kappa shape index (κ2) is 56.3. The minimum atomic E-state index is -4.37. The molecule has 412 valence electrons. The van der Waals surface area contributed by atoms with Gasteiger partial charge in [-0.05, 0) is 12.8 Å². The van der Waals surface area contributed by atoms with Crippen LogP contribution in [0, 0.1) is 0 Å². The summed E-state index contributed by atoms with van der Waals surface area (Å²) in [6.45, 7) is 3.74. The number of unbranched alkanes of at least 4 members (excludes halogenated alkanes) is 46. The first-order valence-corrected chi connectivity index (χ1v) is 32.0. The molecule has 2 atom stereocenters. The van der Waals surface area contributed by atoms with E-state index in [9.17, 15) is 19.0 Å². The number of hydrogen-bond acceptors (Lipinski definition) is 8. The third kappa shape index (κ3) is 56.2. The van der Waals surface area contributed by atoms with Gasteiger partial charge < -0.3 is 20.1 Å². The van der Waals surface area contributed by atoms with Gasteiger partial charge in [0.05, 0.1) is 13.2 Å². The van der Waals surface area contributed by atoms with Crippen LogP contribution in [0.4, 0.5) is 0 Å². The largest absolute Gasteiger partial charge is 0.472 e. The molecular formula is C59H118NO8P. The molecule has 3 N–H and O–H groups in total. The van der Waals surface area contributed by atoms with Crippen LogP contribution in [-0.2, 0) is 32.7 Å². The maximum absolute atomic E-state index is 12.6. The van der Waals surface area contributed by atoms with E-state index in [2.05, 4.69) is 13.8 Å². The maximum atomic E-state index is 12.6. The number of rotatable bonds is 59. The molecule has 0 radical (unpaired) electrons. The minimum Gasteiger partial charge on any atom is -0.462 e. The molecule has 0 saturated heterocycles. The Morgan fingerprint density at radius 1 is 0.377 bits per heavy atom. The molecule has 0 aromatic heterocycles. The van der Waals surface area contributed by atoms with Crippen molar-refractivity contribution in [2.75, 3.05) is 26.4 Å². The van der Waals surface area contributed by atoms with Crippen LogP contribution in [0.25, 0.3) is 0 Å². The van der Waals surface area contributed by atoms with E-state index in [4.69, 9.17) is 24.3 Å². The van der Waals surface area contributed by atoms with Gasteiger partial charge in [0.2, 0.25) is 0 Å². The summed E-state index contributed by atoms with van der Waals surface area (Å²) in [7, 11) is -4.37. The zero-order chi connectivity index (χ0) is 50.2. The van der Waals surface area contributed by atoms with Gasteiger partial charge in [-0.15, -0.1) is 0 Å². The second-order valence-corrected chi connectivity index (χ2v) is 22.4. The molecule has 0 heterocycles. The highest BCUT2D eigenvalue weighted by atomic mass is 31.2. The van der Waals surface area contributed by atoms with E-state index in [1.165, 1.54) is 270 Å². The third-order valence-electron chi connectivity index (χ3n) is 14.0. The Bertz CT molecular complexity index is 1090. The average molecular weight is 1000 g/mol. The minimum absolute atomic E-state index is 0.0579. The Morgan fingerprint density at radius 3 is 0.884 bits per heavy atom. The van der Waals surface area contributed by atoms with Crippen molar-refractivity contribution < 1.29 is 37.6 Å². The van der Waals surface area contributed by atoms with Crippen LogP contribution in [0.2, 0.25) is 0 Å². The maximum Gasteiger partial charge on any atom is 0.472 e. The first-order valence-electron chi connectivity index (χ1n) is 30.5. The summed E-state index contributed by atoms with van der Waals surface area (Å²) in [6.07, 6.45) is 64.0. The van der Waals surface area contributed by atoms with Crippen molar-refractivity contribution in [2.45, 2.75) is 341 Å². The van der Waals surface area contributed by atoms with Gasteiger partial charge in [-0.3, -0.25) is 18.6 Å². The Hall–Kier alpha value is -0.990. The lowest BCUT2D eigenvalue weighted by Crippen LogP contribution is -2.29. The molecule has 9 nitrogen and oxygen atoms in total. The number of carbonyl (C=O) groups is 2. The summed E-state index contributed by atoms with van der Waals surface area (Å²) in [5, 5.41) is 0. The van der Waals surface area contributed by atoms with Gasteiger partial charge in [-0.2, -0.15) is 0 Å². The Labute approximate surface area is 428 Å². The van der Waals surface area contributed by atoms with Crippen LogP contribution in [0.1, 0.15) is 335 Å². The molecule has 0 aliphatic carbocycles. The fraction of sp³-hybridized carbons (Fsp3) is 0.966. The molecule has 0 saturated carbocycles. The molecule has 10 heteroatoms. The molecule has 0 aromatic carbocycles. The number of phosphoric ester groups is 1. The predicted octanol–water partition coefficient (Wildman–Crippen LogP) is 19.1. The summed E-state index contributed by atoms with van der Waals surface area (Å²) >= 11 is 0. The highest BCUT2D eigenvalue weighted by Crippen LogP contribution is 2.43. The van der Waals surface area contributed by atoms with Gasteiger partial charge in [0.1, 0.15) is 6.61 Å². The van der Waals surface area contributed by atoms with Crippen molar-refractivity contribution in [3.8, 4) is 0 Å². The standard InChI is InChI=1S/C59H118NO8P/c1-3-5-7-9-11-12-13-14-15-16-17-18-19-20-21-22-23-24-25-26-27-28-29-30-31-32-33-34-35-36-37-38-39-40-41-42-43-44-46-48-50-52-59(62)68-57(56-67-69(63,64)66-54-53-60)55-65-58(61)51-49-47-45-10-8-6-4-2/h57H,3-56,60H2,1-2H3,(H,63,64). The van der Waals surface area contributed by atoms with E-state index in [-0.39, 0.29) is 38.6 Å². The van der Waals surface area contributed by atoms with Crippen molar-refractivity contribution in [1.29, 1.82) is 0 Å². The summed E-state index contributed by atoms with van der Waals surface area (Å²) < 4.78 is 32.8. The lowest BCUT2D eigenvalue weighted by Gasteiger charge is -2.19. The van der Waals surface area contributed by atoms with Crippen LogP contribution >= 0.6 is 7.82 Å². The average Bonchev–Trinajstić information content (AvgIpc) is 3.34. The van der Waals surface area contributed by atoms with Gasteiger partial charge in [0.25, 0.3) is 0 Å². The van der Waals surface area contributed by atoms with Gasteiger partial charge >= 0.3 is 19.8 Å². The summed E-state index contributed by atoms with van der Waals surface area (Å²) in [4.78, 5) is 34.8. The Kier molecular flexibility index (Phi) is 55.5. The van der Waals surface area contributed by atoms with E-state index in [0.717, 1.165) is 32.1 Å². The molecule has 69 heavy (non-hydrogen) atoms. The molecule has 0 rings (SSSR count). The van der Waals surface area contributed by atoms with E-state index in [1.807, 2.05) is 0 Å².